The molecule has 0 aromatic heterocycles. The number of carbonyl (C=O) groups is 13. The van der Waals surface area contributed by atoms with Gasteiger partial charge in [-0.3, -0.25) is 49.4 Å². The first-order valence-electron chi connectivity index (χ1n) is 33.4. The van der Waals surface area contributed by atoms with Crippen LogP contribution in [0.2, 0.25) is 0 Å². The van der Waals surface area contributed by atoms with E-state index in [0.29, 0.717) is 22.5 Å². The maximum atomic E-state index is 13.6. The molecule has 112 heavy (non-hydrogen) atoms. The van der Waals surface area contributed by atoms with Gasteiger partial charge < -0.3 is 101 Å². The highest BCUT2D eigenvalue weighted by atomic mass is 19.4. The Kier molecular flexibility index (Phi) is 34.8. The number of nitrogens with one attached hydrogen (secondary N) is 8. The van der Waals surface area contributed by atoms with Gasteiger partial charge in [0, 0.05) is 37.6 Å². The molecule has 0 spiro atoms. The third-order valence-electron chi connectivity index (χ3n) is 14.8. The zero-order chi connectivity index (χ0) is 81.7. The van der Waals surface area contributed by atoms with Gasteiger partial charge in [-0.1, -0.05) is 48.5 Å². The molecule has 0 saturated heterocycles. The van der Waals surface area contributed by atoms with Crippen molar-refractivity contribution in [1.29, 1.82) is 10.8 Å². The minimum absolute atomic E-state index is 0.00570. The number of guanidine groups is 2. The molecule has 15 N–H and O–H groups in total. The molecule has 37 nitrogen and oxygen atoms in total. The van der Waals surface area contributed by atoms with Gasteiger partial charge >= 0.3 is 60.1 Å². The second-order valence-electron chi connectivity index (χ2n) is 23.5. The summed E-state index contributed by atoms with van der Waals surface area (Å²) in [7, 11) is 0. The maximum Gasteiger partial charge on any atom is 0.491 e. The lowest BCUT2D eigenvalue weighted by atomic mass is 10.1. The molecule has 0 radical (unpaired) electrons. The van der Waals surface area contributed by atoms with Crippen LogP contribution >= 0.6 is 0 Å². The Morgan fingerprint density at radius 2 is 0.821 bits per heavy atom. The maximum absolute atomic E-state index is 13.6. The summed E-state index contributed by atoms with van der Waals surface area (Å²) in [6.45, 7) is -4.15. The van der Waals surface area contributed by atoms with E-state index in [1.807, 2.05) is 0 Å². The highest BCUT2D eigenvalue weighted by Crippen LogP contribution is 2.22. The molecule has 6 aromatic rings. The molecule has 0 aliphatic carbocycles. The van der Waals surface area contributed by atoms with E-state index >= 15 is 0 Å². The van der Waals surface area contributed by atoms with E-state index in [4.69, 9.17) is 60.2 Å². The van der Waals surface area contributed by atoms with Crippen molar-refractivity contribution in [2.45, 2.75) is 57.4 Å². The van der Waals surface area contributed by atoms with Crippen LogP contribution in [0.4, 0.5) is 34.1 Å². The van der Waals surface area contributed by atoms with Gasteiger partial charge in [0.05, 0.1) is 88.0 Å². The van der Waals surface area contributed by atoms with Crippen LogP contribution in [0.3, 0.4) is 0 Å². The van der Waals surface area contributed by atoms with Crippen LogP contribution in [0, 0.1) is 10.8 Å². The number of hydrogen-bond donors (Lipinski definition) is 13. The standard InChI is InChI=1S/C72H77F3N12O25/c73-72(74,75)67(101)112-60(92)36-56(85-58(89)40-87(38-46-4-2-6-50(34-46)64(97)98)71(103)109-42-44-9-21-54(22-10-44)111-66(100)48-13-17-52(18-14-48)83-69(78)79)62(94)81-24-26-105-28-30-107-32-31-106-29-27-104-25-23-80-61(93)55(35-59(90)91)84-57(88)39-86(37-45-3-1-5-49(33-45)63(95)96)70(102)108-41-43-7-19-53(20-8-43)110-65(99)47-11-15-51(16-12-47)82-68(76)77/h1-22,33-34,55-56H,23-32,35-42H2,(H,80,93)(H,81,94)(H,84,88)(H,85,89)(H,90,91)(H,95,96)(H,97,98)(H4,76,77,82)(H4,78,79,83)/t55-,56-/m0/s1. The molecule has 0 aliphatic rings. The summed E-state index contributed by atoms with van der Waals surface area (Å²) in [5.41, 5.74) is 12.8. The van der Waals surface area contributed by atoms with E-state index in [2.05, 4.69) is 36.6 Å². The van der Waals surface area contributed by atoms with Gasteiger partial charge in [-0.2, -0.15) is 13.2 Å². The van der Waals surface area contributed by atoms with Gasteiger partial charge in [-0.25, -0.2) is 33.6 Å². The van der Waals surface area contributed by atoms with Crippen LogP contribution < -0.4 is 52.8 Å². The van der Waals surface area contributed by atoms with Crippen molar-refractivity contribution in [3.63, 3.8) is 0 Å². The number of carboxylic acid groups (broad SMARTS) is 3. The average Bonchev–Trinajstić information content (AvgIpc) is 0.869. The summed E-state index contributed by atoms with van der Waals surface area (Å²) < 4.78 is 86.4. The summed E-state index contributed by atoms with van der Waals surface area (Å²) in [6.07, 6.45) is -10.1. The highest BCUT2D eigenvalue weighted by Gasteiger charge is 2.43. The Labute approximate surface area is 634 Å². The first kappa shape index (κ1) is 87.3. The van der Waals surface area contributed by atoms with Crippen molar-refractivity contribution >= 4 is 101 Å². The molecule has 0 bridgehead atoms. The van der Waals surface area contributed by atoms with E-state index in [-0.39, 0.29) is 136 Å². The lowest BCUT2D eigenvalue weighted by Gasteiger charge is -2.24. The number of ether oxygens (including phenoxy) is 9. The highest BCUT2D eigenvalue weighted by molar-refractivity contribution is 5.97. The summed E-state index contributed by atoms with van der Waals surface area (Å²) in [6, 6.07) is 30.3. The molecule has 40 heteroatoms. The smallest absolute Gasteiger partial charge is 0.481 e. The molecule has 0 aliphatic heterocycles. The number of esters is 4. The third-order valence-corrected chi connectivity index (χ3v) is 14.8. The number of benzene rings is 6. The van der Waals surface area contributed by atoms with Gasteiger partial charge in [0.2, 0.25) is 23.6 Å². The second kappa shape index (κ2) is 44.6. The van der Waals surface area contributed by atoms with Gasteiger partial charge in [-0.05, 0) is 119 Å². The Balaban J connectivity index is 0.896. The average molecular weight is 1570 g/mol. The number of aliphatic carboxylic acids is 1. The molecule has 0 fully saturated rings. The lowest BCUT2D eigenvalue weighted by Crippen LogP contribution is -2.51. The molecular weight excluding hydrogens is 1490 g/mol. The number of carbonyl (C=O) groups excluding carboxylic acids is 10. The van der Waals surface area contributed by atoms with Crippen molar-refractivity contribution in [3.8, 4) is 11.5 Å². The lowest BCUT2D eigenvalue weighted by molar-refractivity contribution is -0.202. The minimum Gasteiger partial charge on any atom is -0.481 e. The van der Waals surface area contributed by atoms with Crippen molar-refractivity contribution in [2.75, 3.05) is 89.7 Å². The van der Waals surface area contributed by atoms with Crippen LogP contribution in [-0.4, -0.2) is 212 Å². The quantitative estimate of drug-likeness (QED) is 0.00491. The van der Waals surface area contributed by atoms with Crippen LogP contribution in [0.25, 0.3) is 0 Å². The number of nitrogens with zero attached hydrogens (tertiary/aromatic N) is 2. The van der Waals surface area contributed by atoms with Crippen LogP contribution in [0.15, 0.2) is 146 Å². The Morgan fingerprint density at radius 1 is 0.455 bits per heavy atom. The number of nitrogens with two attached hydrogens (primary N) is 2. The van der Waals surface area contributed by atoms with E-state index in [9.17, 15) is 90.8 Å². The van der Waals surface area contributed by atoms with Gasteiger partial charge in [0.15, 0.2) is 11.9 Å². The molecule has 0 saturated carbocycles. The number of carboxylic acids is 3. The van der Waals surface area contributed by atoms with E-state index in [1.165, 1.54) is 146 Å². The topological polar surface area (TPSA) is 544 Å². The molecular formula is C72H77F3N12O25. The molecule has 0 heterocycles. The Hall–Kier alpha value is -13.6. The van der Waals surface area contributed by atoms with Gasteiger partial charge in [-0.15, -0.1) is 0 Å². The SMILES string of the molecule is N=C(N)Nc1ccc(C(=O)Oc2ccc(COC(=O)N(CC(=O)N[C@@H](CC(=O)O)C(=O)NCCOCCOCCOCCOCCNC(=O)[C@H](CC(=O)OC(=O)C(F)(F)F)NC(=O)CN(Cc3cccc(C(=O)O)c3)C(=O)OCc3ccc(OC(=O)c4ccc(NC(=N)N)cc4)cc3)Cc3cccc(C(=O)O)c3)cc2)cc1. The van der Waals surface area contributed by atoms with Gasteiger partial charge in [0.25, 0.3) is 0 Å². The van der Waals surface area contributed by atoms with Crippen LogP contribution in [0.1, 0.15) is 76.5 Å². The summed E-state index contributed by atoms with van der Waals surface area (Å²) >= 11 is 0. The largest absolute Gasteiger partial charge is 0.491 e. The van der Waals surface area contributed by atoms with E-state index in [1.54, 1.807) is 0 Å². The first-order chi connectivity index (χ1) is 53.4. The Bertz CT molecular complexity index is 4310. The first-order valence-corrected chi connectivity index (χ1v) is 33.4. The fraction of sp³-hybridized carbons (Fsp3) is 0.292. The number of alkyl halides is 3. The minimum atomic E-state index is -5.62. The predicted molar refractivity (Wildman–Crippen MR) is 382 cm³/mol. The van der Waals surface area contributed by atoms with Crippen molar-refractivity contribution < 1.29 is 133 Å². The number of rotatable bonds is 43. The molecule has 6 rings (SSSR count). The normalized spacial score (nSPS) is 11.3. The van der Waals surface area contributed by atoms with E-state index in [0.717, 1.165) is 9.80 Å². The number of halogens is 3. The fourth-order valence-corrected chi connectivity index (χ4v) is 9.51. The second-order valence-corrected chi connectivity index (χ2v) is 23.5. The number of aromatic carboxylic acids is 2. The zero-order valence-electron chi connectivity index (χ0n) is 59.2. The predicted octanol–water partition coefficient (Wildman–Crippen LogP) is 3.88. The summed E-state index contributed by atoms with van der Waals surface area (Å²) in [5, 5.41) is 57.8. The monoisotopic (exact) mass is 1570 g/mol. The summed E-state index contributed by atoms with van der Waals surface area (Å²) in [5.74, 6) is -15.0. The van der Waals surface area contributed by atoms with Gasteiger partial charge in [0.1, 0.15) is 49.9 Å². The van der Waals surface area contributed by atoms with E-state index < -0.39 is 135 Å². The zero-order valence-corrected chi connectivity index (χ0v) is 59.2. The number of amides is 6. The number of anilines is 2. The van der Waals surface area contributed by atoms with Crippen LogP contribution in [0.5, 0.6) is 11.5 Å². The molecule has 6 amide bonds. The molecule has 596 valence electrons. The molecule has 6 aromatic carbocycles. The van der Waals surface area contributed by atoms with Crippen molar-refractivity contribution in [1.82, 2.24) is 31.1 Å². The Morgan fingerprint density at radius 3 is 1.17 bits per heavy atom. The molecule has 2 atom stereocenters. The summed E-state index contributed by atoms with van der Waals surface area (Å²) in [4.78, 5) is 167. The van der Waals surface area contributed by atoms with Crippen LogP contribution in [-0.2, 0) is 93.0 Å². The van der Waals surface area contributed by atoms with Crippen molar-refractivity contribution in [2.24, 2.45) is 11.5 Å². The molecule has 0 unspecified atom stereocenters. The number of hydrogen-bond acceptors (Lipinski definition) is 24. The third kappa shape index (κ3) is 32.1. The van der Waals surface area contributed by atoms with Crippen molar-refractivity contribution in [3.05, 3.63) is 190 Å². The fourth-order valence-electron chi connectivity index (χ4n) is 9.51.